The number of hydrogen-bond donors (Lipinski definition) is 2. The van der Waals surface area contributed by atoms with Gasteiger partial charge in [-0.05, 0) is 63.1 Å². The molecule has 1 saturated carbocycles. The Morgan fingerprint density at radius 3 is 2.83 bits per heavy atom. The molecular weight excluding hydrogens is 449 g/mol. The fourth-order valence-electron chi connectivity index (χ4n) is 5.16. The summed E-state index contributed by atoms with van der Waals surface area (Å²) in [6.45, 7) is 7.66. The zero-order valence-corrected chi connectivity index (χ0v) is 21.2. The van der Waals surface area contributed by atoms with E-state index in [1.165, 1.54) is 6.07 Å². The Kier molecular flexibility index (Phi) is 7.90. The van der Waals surface area contributed by atoms with Gasteiger partial charge in [0, 0.05) is 31.3 Å². The van der Waals surface area contributed by atoms with Gasteiger partial charge in [0.25, 0.3) is 0 Å². The van der Waals surface area contributed by atoms with Gasteiger partial charge in [0.2, 0.25) is 5.91 Å². The van der Waals surface area contributed by atoms with E-state index in [2.05, 4.69) is 15.3 Å². The fourth-order valence-corrected chi connectivity index (χ4v) is 5.16. The highest BCUT2D eigenvalue weighted by Gasteiger charge is 2.49. The molecule has 2 heterocycles. The van der Waals surface area contributed by atoms with E-state index in [9.17, 15) is 9.18 Å². The van der Waals surface area contributed by atoms with Crippen molar-refractivity contribution in [3.63, 3.8) is 0 Å². The Hall–Kier alpha value is -2.33. The third-order valence-electron chi connectivity index (χ3n) is 6.95. The summed E-state index contributed by atoms with van der Waals surface area (Å²) in [4.78, 5) is 15.3. The molecule has 4 rings (SSSR count). The van der Waals surface area contributed by atoms with E-state index in [0.29, 0.717) is 37.4 Å². The number of aromatic nitrogens is 2. The molecule has 4 atom stereocenters. The van der Waals surface area contributed by atoms with Crippen LogP contribution in [0.4, 0.5) is 4.39 Å². The van der Waals surface area contributed by atoms with Crippen LogP contribution in [0.5, 0.6) is 0 Å². The van der Waals surface area contributed by atoms with Gasteiger partial charge in [0.15, 0.2) is 0 Å². The summed E-state index contributed by atoms with van der Waals surface area (Å²) in [6.07, 6.45) is 6.26. The van der Waals surface area contributed by atoms with Crippen LogP contribution in [0.25, 0.3) is 11.1 Å². The summed E-state index contributed by atoms with van der Waals surface area (Å²) in [5.74, 6) is -0.128. The quantitative estimate of drug-likeness (QED) is 0.501. The first kappa shape index (κ1) is 25.8. The lowest BCUT2D eigenvalue weighted by Gasteiger charge is -2.36. The van der Waals surface area contributed by atoms with Crippen molar-refractivity contribution in [1.82, 2.24) is 20.0 Å². The minimum Gasteiger partial charge on any atom is -0.383 e. The van der Waals surface area contributed by atoms with Gasteiger partial charge >= 0.3 is 0 Å². The standard InChI is InChI=1S/C26H38FN5O3/c1-26(2,3)35-16-32-21-8-7-19(11-21)24(32)25(33)30-23(28)13-18-6-5-17(12-22(18)27)20-14-29-31(15-20)9-10-34-4/h5-6,12,14-15,19,21,23-24H,7-11,13,16,28H2,1-4H3,(H,30,33). The number of carbonyl (C=O) groups is 1. The van der Waals surface area contributed by atoms with Gasteiger partial charge in [0.05, 0.1) is 37.2 Å². The molecule has 0 radical (unpaired) electrons. The van der Waals surface area contributed by atoms with E-state index in [1.54, 1.807) is 24.1 Å². The summed E-state index contributed by atoms with van der Waals surface area (Å²) < 4.78 is 27.7. The predicted octanol–water partition coefficient (Wildman–Crippen LogP) is 2.90. The van der Waals surface area contributed by atoms with Crippen LogP contribution in [-0.2, 0) is 27.2 Å². The van der Waals surface area contributed by atoms with E-state index in [4.69, 9.17) is 15.2 Å². The number of amides is 1. The van der Waals surface area contributed by atoms with E-state index < -0.39 is 6.17 Å². The molecule has 0 spiro atoms. The van der Waals surface area contributed by atoms with Crippen molar-refractivity contribution in [2.45, 2.75) is 76.8 Å². The summed E-state index contributed by atoms with van der Waals surface area (Å²) in [5.41, 5.74) is 8.02. The SMILES string of the molecule is COCCn1cc(-c2ccc(CC(N)NC(=O)C3C4CCC(C4)N3COC(C)(C)C)c(F)c2)cn1. The molecule has 2 aromatic rings. The second-order valence-electron chi connectivity index (χ2n) is 10.7. The molecule has 1 aromatic heterocycles. The Balaban J connectivity index is 1.36. The average molecular weight is 488 g/mol. The van der Waals surface area contributed by atoms with Gasteiger partial charge in [-0.2, -0.15) is 5.10 Å². The van der Waals surface area contributed by atoms with Gasteiger partial charge in [-0.3, -0.25) is 14.4 Å². The number of rotatable bonds is 10. The summed E-state index contributed by atoms with van der Waals surface area (Å²) in [6, 6.07) is 5.20. The van der Waals surface area contributed by atoms with Gasteiger partial charge in [-0.25, -0.2) is 4.39 Å². The normalized spacial score (nSPS) is 23.1. The van der Waals surface area contributed by atoms with Crippen LogP contribution in [0.2, 0.25) is 0 Å². The molecule has 1 aliphatic heterocycles. The Morgan fingerprint density at radius 2 is 2.11 bits per heavy atom. The molecule has 4 unspecified atom stereocenters. The summed E-state index contributed by atoms with van der Waals surface area (Å²) in [5, 5.41) is 7.21. The minimum atomic E-state index is -0.677. The van der Waals surface area contributed by atoms with Gasteiger partial charge in [-0.15, -0.1) is 0 Å². The number of nitrogens with one attached hydrogen (secondary N) is 1. The van der Waals surface area contributed by atoms with Crippen molar-refractivity contribution in [3.8, 4) is 11.1 Å². The van der Waals surface area contributed by atoms with E-state index in [1.807, 2.05) is 33.0 Å². The third-order valence-corrected chi connectivity index (χ3v) is 6.95. The number of carbonyl (C=O) groups excluding carboxylic acids is 1. The first-order valence-corrected chi connectivity index (χ1v) is 12.4. The second kappa shape index (κ2) is 10.7. The van der Waals surface area contributed by atoms with Crippen LogP contribution in [0.1, 0.15) is 45.6 Å². The number of nitrogens with two attached hydrogens (primary N) is 1. The van der Waals surface area contributed by atoms with Crippen molar-refractivity contribution in [2.24, 2.45) is 11.7 Å². The number of nitrogens with zero attached hydrogens (tertiary/aromatic N) is 3. The van der Waals surface area contributed by atoms with Crippen molar-refractivity contribution in [2.75, 3.05) is 20.4 Å². The maximum Gasteiger partial charge on any atom is 0.238 e. The topological polar surface area (TPSA) is 94.6 Å². The van der Waals surface area contributed by atoms with Crippen LogP contribution in [0.3, 0.4) is 0 Å². The monoisotopic (exact) mass is 487 g/mol. The number of piperidine rings is 1. The van der Waals surface area contributed by atoms with Crippen molar-refractivity contribution >= 4 is 5.91 Å². The number of methoxy groups -OCH3 is 1. The number of fused-ring (bicyclic) bond motifs is 2. The molecule has 3 N–H and O–H groups in total. The van der Waals surface area contributed by atoms with E-state index >= 15 is 0 Å². The van der Waals surface area contributed by atoms with Gasteiger partial charge in [0.1, 0.15) is 12.5 Å². The third kappa shape index (κ3) is 6.27. The molecule has 9 heteroatoms. The lowest BCUT2D eigenvalue weighted by atomic mass is 9.97. The highest BCUT2D eigenvalue weighted by Crippen LogP contribution is 2.42. The Labute approximate surface area is 206 Å². The van der Waals surface area contributed by atoms with E-state index in [0.717, 1.165) is 30.4 Å². The maximum atomic E-state index is 14.9. The van der Waals surface area contributed by atoms with Crippen molar-refractivity contribution < 1.29 is 18.7 Å². The zero-order valence-electron chi connectivity index (χ0n) is 21.2. The molecule has 1 amide bonds. The maximum absolute atomic E-state index is 14.9. The summed E-state index contributed by atoms with van der Waals surface area (Å²) >= 11 is 0. The number of ether oxygens (including phenoxy) is 2. The van der Waals surface area contributed by atoms with Crippen LogP contribution in [0.15, 0.2) is 30.6 Å². The van der Waals surface area contributed by atoms with Gasteiger partial charge in [-0.1, -0.05) is 12.1 Å². The van der Waals surface area contributed by atoms with Crippen LogP contribution in [-0.4, -0.2) is 64.9 Å². The highest BCUT2D eigenvalue weighted by atomic mass is 19.1. The van der Waals surface area contributed by atoms with E-state index in [-0.39, 0.29) is 29.8 Å². The van der Waals surface area contributed by atoms with Crippen LogP contribution >= 0.6 is 0 Å². The molecule has 35 heavy (non-hydrogen) atoms. The number of likely N-dealkylation sites (tertiary alicyclic amines) is 1. The average Bonchev–Trinajstić information content (AvgIpc) is 3.53. The molecule has 8 nitrogen and oxygen atoms in total. The minimum absolute atomic E-state index is 0.0947. The second-order valence-corrected chi connectivity index (χ2v) is 10.7. The van der Waals surface area contributed by atoms with Gasteiger partial charge < -0.3 is 20.5 Å². The molecule has 192 valence electrons. The lowest BCUT2D eigenvalue weighted by Crippen LogP contribution is -2.55. The molecule has 2 aliphatic rings. The molecule has 1 saturated heterocycles. The van der Waals surface area contributed by atoms with Crippen LogP contribution < -0.4 is 11.1 Å². The lowest BCUT2D eigenvalue weighted by molar-refractivity contribution is -0.136. The fraction of sp³-hybridized carbons (Fsp3) is 0.615. The molecule has 2 bridgehead atoms. The number of benzene rings is 1. The molecule has 1 aliphatic carbocycles. The Bertz CT molecular complexity index is 1020. The molecular formula is C26H38FN5O3. The largest absolute Gasteiger partial charge is 0.383 e. The van der Waals surface area contributed by atoms with Crippen molar-refractivity contribution in [3.05, 3.63) is 42.0 Å². The smallest absolute Gasteiger partial charge is 0.238 e. The first-order chi connectivity index (χ1) is 16.6. The summed E-state index contributed by atoms with van der Waals surface area (Å²) in [7, 11) is 1.64. The zero-order chi connectivity index (χ0) is 25.2. The molecule has 1 aromatic carbocycles. The predicted molar refractivity (Wildman–Crippen MR) is 132 cm³/mol. The Morgan fingerprint density at radius 1 is 1.31 bits per heavy atom. The van der Waals surface area contributed by atoms with Crippen molar-refractivity contribution in [1.29, 1.82) is 0 Å². The molecule has 2 fully saturated rings. The number of halogens is 1. The number of hydrogen-bond acceptors (Lipinski definition) is 6. The first-order valence-electron chi connectivity index (χ1n) is 12.4. The highest BCUT2D eigenvalue weighted by molar-refractivity contribution is 5.83. The van der Waals surface area contributed by atoms with Crippen LogP contribution in [0, 0.1) is 11.7 Å².